The van der Waals surface area contributed by atoms with Crippen molar-refractivity contribution in [3.8, 4) is 0 Å². The van der Waals surface area contributed by atoms with Gasteiger partial charge in [0.2, 0.25) is 0 Å². The average Bonchev–Trinajstić information content (AvgIpc) is 2.10. The van der Waals surface area contributed by atoms with E-state index in [1.54, 1.807) is 0 Å². The maximum Gasteiger partial charge on any atom is 0.417 e. The van der Waals surface area contributed by atoms with Crippen molar-refractivity contribution in [2.45, 2.75) is 45.6 Å². The minimum absolute atomic E-state index is 0.0627. The van der Waals surface area contributed by atoms with Gasteiger partial charge >= 0.3 is 6.47 Å². The first-order valence-electron chi connectivity index (χ1n) is 4.49. The van der Waals surface area contributed by atoms with E-state index in [0.717, 1.165) is 25.7 Å². The Morgan fingerprint density at radius 2 is 2.33 bits per heavy atom. The molecule has 0 aromatic rings. The highest BCUT2D eigenvalue weighted by Crippen LogP contribution is 2.07. The zero-order valence-electron chi connectivity index (χ0n) is 7.88. The third-order valence-electron chi connectivity index (χ3n) is 1.80. The van der Waals surface area contributed by atoms with Crippen molar-refractivity contribution < 1.29 is 9.53 Å². The van der Waals surface area contributed by atoms with Gasteiger partial charge in [-0.3, -0.25) is 0 Å². The largest absolute Gasteiger partial charge is 0.454 e. The SMILES string of the molecule is C/C=C\CCCC(CC)O[C]=O. The molecule has 2 heteroatoms. The van der Waals surface area contributed by atoms with Crippen LogP contribution >= 0.6 is 0 Å². The van der Waals surface area contributed by atoms with Crippen molar-refractivity contribution in [3.05, 3.63) is 12.2 Å². The van der Waals surface area contributed by atoms with Crippen LogP contribution in [0.4, 0.5) is 0 Å². The normalized spacial score (nSPS) is 13.2. The van der Waals surface area contributed by atoms with E-state index in [4.69, 9.17) is 4.74 Å². The minimum Gasteiger partial charge on any atom is -0.454 e. The number of unbranched alkanes of at least 4 members (excludes halogenated alkanes) is 1. The van der Waals surface area contributed by atoms with Gasteiger partial charge in [-0.2, -0.15) is 0 Å². The second kappa shape index (κ2) is 8.31. The van der Waals surface area contributed by atoms with Crippen LogP contribution in [0.1, 0.15) is 39.5 Å². The molecule has 1 atom stereocenters. The highest BCUT2D eigenvalue weighted by Gasteiger charge is 2.04. The number of hydrogen-bond donors (Lipinski definition) is 0. The first-order valence-corrected chi connectivity index (χ1v) is 4.49. The lowest BCUT2D eigenvalue weighted by Gasteiger charge is -2.10. The molecule has 69 valence electrons. The summed E-state index contributed by atoms with van der Waals surface area (Å²) in [7, 11) is 0. The lowest BCUT2D eigenvalue weighted by molar-refractivity contribution is 0.161. The molecular formula is C10H17O2. The summed E-state index contributed by atoms with van der Waals surface area (Å²) in [4.78, 5) is 9.90. The zero-order chi connectivity index (χ0) is 9.23. The first kappa shape index (κ1) is 11.2. The average molecular weight is 169 g/mol. The van der Waals surface area contributed by atoms with Gasteiger partial charge in [-0.1, -0.05) is 19.1 Å². The van der Waals surface area contributed by atoms with Crippen molar-refractivity contribution in [2.24, 2.45) is 0 Å². The first-order chi connectivity index (χ1) is 5.85. The van der Waals surface area contributed by atoms with Crippen LogP contribution in [0.3, 0.4) is 0 Å². The molecule has 2 nitrogen and oxygen atoms in total. The van der Waals surface area contributed by atoms with Crippen molar-refractivity contribution in [2.75, 3.05) is 0 Å². The van der Waals surface area contributed by atoms with Gasteiger partial charge in [-0.25, -0.2) is 4.79 Å². The highest BCUT2D eigenvalue weighted by atomic mass is 16.5. The third kappa shape index (κ3) is 5.96. The molecule has 0 aliphatic carbocycles. The molecular weight excluding hydrogens is 152 g/mol. The molecule has 0 bridgehead atoms. The molecule has 0 amide bonds. The van der Waals surface area contributed by atoms with E-state index in [1.165, 1.54) is 6.47 Å². The second-order valence-electron chi connectivity index (χ2n) is 2.73. The van der Waals surface area contributed by atoms with Gasteiger partial charge in [0.15, 0.2) is 0 Å². The predicted octanol–water partition coefficient (Wildman–Crippen LogP) is 2.60. The zero-order valence-corrected chi connectivity index (χ0v) is 7.88. The van der Waals surface area contributed by atoms with Crippen LogP contribution in [0.15, 0.2) is 12.2 Å². The van der Waals surface area contributed by atoms with E-state index in [0.29, 0.717) is 0 Å². The number of allylic oxidation sites excluding steroid dienone is 2. The monoisotopic (exact) mass is 169 g/mol. The summed E-state index contributed by atoms with van der Waals surface area (Å²) >= 11 is 0. The van der Waals surface area contributed by atoms with Crippen molar-refractivity contribution in [1.29, 1.82) is 0 Å². The van der Waals surface area contributed by atoms with Crippen molar-refractivity contribution >= 4 is 6.47 Å². The number of carbonyl (C=O) groups excluding carboxylic acids is 1. The molecule has 0 saturated heterocycles. The second-order valence-corrected chi connectivity index (χ2v) is 2.73. The standard InChI is InChI=1S/C10H17O2/c1-3-5-6-7-8-10(4-2)12-9-11/h3,5,10H,4,6-8H2,1-2H3/b5-3-. The molecule has 1 radical (unpaired) electrons. The smallest absolute Gasteiger partial charge is 0.417 e. The molecule has 0 heterocycles. The molecule has 0 saturated carbocycles. The Balaban J connectivity index is 3.37. The molecule has 0 aliphatic heterocycles. The van der Waals surface area contributed by atoms with Crippen molar-refractivity contribution in [3.63, 3.8) is 0 Å². The summed E-state index contributed by atoms with van der Waals surface area (Å²) in [6.45, 7) is 5.51. The van der Waals surface area contributed by atoms with Crippen LogP contribution in [0.25, 0.3) is 0 Å². The predicted molar refractivity (Wildman–Crippen MR) is 49.5 cm³/mol. The Kier molecular flexibility index (Phi) is 7.76. The summed E-state index contributed by atoms with van der Waals surface area (Å²) in [6, 6.07) is 0. The number of ether oxygens (including phenoxy) is 1. The molecule has 0 rings (SSSR count). The van der Waals surface area contributed by atoms with E-state index >= 15 is 0 Å². The van der Waals surface area contributed by atoms with Gasteiger partial charge in [-0.15, -0.1) is 0 Å². The highest BCUT2D eigenvalue weighted by molar-refractivity contribution is 5.38. The van der Waals surface area contributed by atoms with Gasteiger partial charge in [0.25, 0.3) is 0 Å². The topological polar surface area (TPSA) is 26.3 Å². The minimum atomic E-state index is 0.0627. The van der Waals surface area contributed by atoms with E-state index in [9.17, 15) is 4.79 Å². The lowest BCUT2D eigenvalue weighted by Crippen LogP contribution is -2.09. The van der Waals surface area contributed by atoms with Gasteiger partial charge in [0, 0.05) is 0 Å². The molecule has 0 fully saturated rings. The quantitative estimate of drug-likeness (QED) is 0.432. The van der Waals surface area contributed by atoms with E-state index < -0.39 is 0 Å². The van der Waals surface area contributed by atoms with Gasteiger partial charge < -0.3 is 4.74 Å². The third-order valence-corrected chi connectivity index (χ3v) is 1.80. The Hall–Kier alpha value is -0.790. The Morgan fingerprint density at radius 1 is 1.58 bits per heavy atom. The fourth-order valence-electron chi connectivity index (χ4n) is 1.04. The van der Waals surface area contributed by atoms with Crippen LogP contribution in [0.2, 0.25) is 0 Å². The van der Waals surface area contributed by atoms with E-state index in [1.807, 2.05) is 19.9 Å². The Morgan fingerprint density at radius 3 is 2.83 bits per heavy atom. The molecule has 0 aromatic heterocycles. The van der Waals surface area contributed by atoms with Crippen molar-refractivity contribution in [1.82, 2.24) is 0 Å². The van der Waals surface area contributed by atoms with Crippen LogP contribution in [0, 0.1) is 0 Å². The Bertz CT molecular complexity index is 130. The van der Waals surface area contributed by atoms with E-state index in [-0.39, 0.29) is 6.10 Å². The maximum atomic E-state index is 9.90. The maximum absolute atomic E-state index is 9.90. The van der Waals surface area contributed by atoms with Gasteiger partial charge in [0.1, 0.15) is 6.10 Å². The summed E-state index contributed by atoms with van der Waals surface area (Å²) in [5.41, 5.74) is 0. The van der Waals surface area contributed by atoms with E-state index in [2.05, 4.69) is 6.08 Å². The van der Waals surface area contributed by atoms with Crippen LogP contribution in [0.5, 0.6) is 0 Å². The number of hydrogen-bond acceptors (Lipinski definition) is 2. The molecule has 0 spiro atoms. The Labute approximate surface area is 74.6 Å². The molecule has 0 N–H and O–H groups in total. The molecule has 0 aromatic carbocycles. The fraction of sp³-hybridized carbons (Fsp3) is 0.700. The van der Waals surface area contributed by atoms with Crippen LogP contribution < -0.4 is 0 Å². The van der Waals surface area contributed by atoms with Crippen LogP contribution in [-0.4, -0.2) is 12.6 Å². The summed E-state index contributed by atoms with van der Waals surface area (Å²) in [5.74, 6) is 0. The van der Waals surface area contributed by atoms with Crippen LogP contribution in [-0.2, 0) is 9.53 Å². The number of rotatable bonds is 7. The summed E-state index contributed by atoms with van der Waals surface area (Å²) in [5, 5.41) is 0. The van der Waals surface area contributed by atoms with Gasteiger partial charge in [0.05, 0.1) is 0 Å². The van der Waals surface area contributed by atoms with Gasteiger partial charge in [-0.05, 0) is 32.6 Å². The lowest BCUT2D eigenvalue weighted by atomic mass is 10.1. The molecule has 0 aliphatic rings. The fourth-order valence-corrected chi connectivity index (χ4v) is 1.04. The molecule has 12 heavy (non-hydrogen) atoms. The summed E-state index contributed by atoms with van der Waals surface area (Å²) in [6.07, 6.45) is 8.18. The summed E-state index contributed by atoms with van der Waals surface area (Å²) < 4.78 is 4.74. The molecule has 1 unspecified atom stereocenters.